The van der Waals surface area contributed by atoms with Gasteiger partial charge in [-0.3, -0.25) is 19.4 Å². The van der Waals surface area contributed by atoms with Crippen LogP contribution in [0.2, 0.25) is 0 Å². The number of hydrogen-bond donors (Lipinski definition) is 1. The maximum atomic E-state index is 13.8. The Balaban J connectivity index is 1.58. The highest BCUT2D eigenvalue weighted by Crippen LogP contribution is 2.37. The highest BCUT2D eigenvalue weighted by Gasteiger charge is 2.40. The van der Waals surface area contributed by atoms with Crippen molar-refractivity contribution in [2.24, 2.45) is 0 Å². The first-order chi connectivity index (χ1) is 19.6. The number of nitrogens with zero attached hydrogens (tertiary/aromatic N) is 3. The van der Waals surface area contributed by atoms with Gasteiger partial charge in [-0.05, 0) is 89.9 Å². The lowest BCUT2D eigenvalue weighted by Crippen LogP contribution is -2.51. The van der Waals surface area contributed by atoms with Crippen molar-refractivity contribution in [3.05, 3.63) is 64.7 Å². The SMILES string of the molecule is CN1CCN(c2cccc3c2CCN(C(=O)OC(C)(C)C)C3C(=O)NCc2ccc(C(=O)OC(C)(C)C)cc2)C(=O)C1. The molecule has 0 bridgehead atoms. The van der Waals surface area contributed by atoms with E-state index in [1.165, 1.54) is 4.90 Å². The Labute approximate surface area is 247 Å². The minimum absolute atomic E-state index is 0.00236. The molecule has 4 rings (SSSR count). The summed E-state index contributed by atoms with van der Waals surface area (Å²) in [6.07, 6.45) is -0.0867. The molecular weight excluding hydrogens is 536 g/mol. The third-order valence-corrected chi connectivity index (χ3v) is 7.03. The molecule has 2 aliphatic heterocycles. The Hall–Kier alpha value is -3.92. The fraction of sp³-hybridized carbons (Fsp3) is 0.500. The summed E-state index contributed by atoms with van der Waals surface area (Å²) in [6.45, 7) is 12.9. The fourth-order valence-corrected chi connectivity index (χ4v) is 5.13. The number of ether oxygens (including phenoxy) is 2. The van der Waals surface area contributed by atoms with Gasteiger partial charge in [0.1, 0.15) is 17.2 Å². The summed E-state index contributed by atoms with van der Waals surface area (Å²) in [5, 5.41) is 2.97. The molecule has 1 saturated heterocycles. The van der Waals surface area contributed by atoms with Crippen LogP contribution >= 0.6 is 0 Å². The van der Waals surface area contributed by atoms with E-state index in [0.29, 0.717) is 30.6 Å². The lowest BCUT2D eigenvalue weighted by Gasteiger charge is -2.40. The summed E-state index contributed by atoms with van der Waals surface area (Å²) in [6, 6.07) is 11.5. The second kappa shape index (κ2) is 12.1. The third-order valence-electron chi connectivity index (χ3n) is 7.03. The number of carbonyl (C=O) groups is 4. The van der Waals surface area contributed by atoms with Crippen LogP contribution in [-0.4, -0.2) is 78.1 Å². The van der Waals surface area contributed by atoms with Gasteiger partial charge in [-0.2, -0.15) is 0 Å². The summed E-state index contributed by atoms with van der Waals surface area (Å²) < 4.78 is 11.1. The van der Waals surface area contributed by atoms with Gasteiger partial charge in [0, 0.05) is 31.9 Å². The third kappa shape index (κ3) is 7.47. The molecule has 1 atom stereocenters. The number of carbonyl (C=O) groups excluding carboxylic acids is 4. The number of amides is 3. The first-order valence-corrected chi connectivity index (χ1v) is 14.3. The lowest BCUT2D eigenvalue weighted by atomic mass is 9.90. The van der Waals surface area contributed by atoms with Gasteiger partial charge in [0.2, 0.25) is 11.8 Å². The quantitative estimate of drug-likeness (QED) is 0.533. The van der Waals surface area contributed by atoms with Crippen molar-refractivity contribution in [3.63, 3.8) is 0 Å². The van der Waals surface area contributed by atoms with Crippen LogP contribution < -0.4 is 10.2 Å². The summed E-state index contributed by atoms with van der Waals surface area (Å²) in [4.78, 5) is 57.6. The van der Waals surface area contributed by atoms with Crippen LogP contribution in [0.1, 0.15) is 74.6 Å². The van der Waals surface area contributed by atoms with E-state index in [-0.39, 0.29) is 24.9 Å². The molecule has 0 aliphatic carbocycles. The number of anilines is 1. The Bertz CT molecular complexity index is 1340. The maximum absolute atomic E-state index is 13.8. The monoisotopic (exact) mass is 578 g/mol. The number of benzene rings is 2. The highest BCUT2D eigenvalue weighted by atomic mass is 16.6. The van der Waals surface area contributed by atoms with E-state index >= 15 is 0 Å². The van der Waals surface area contributed by atoms with Gasteiger partial charge < -0.3 is 19.7 Å². The zero-order valence-electron chi connectivity index (χ0n) is 25.7. The number of nitrogens with one attached hydrogen (secondary N) is 1. The summed E-state index contributed by atoms with van der Waals surface area (Å²) in [7, 11) is 1.92. The van der Waals surface area contributed by atoms with Gasteiger partial charge in [0.05, 0.1) is 12.1 Å². The average Bonchev–Trinajstić information content (AvgIpc) is 2.89. The van der Waals surface area contributed by atoms with Crippen LogP contribution in [0.4, 0.5) is 10.5 Å². The van der Waals surface area contributed by atoms with Crippen LogP contribution in [0.3, 0.4) is 0 Å². The van der Waals surface area contributed by atoms with E-state index in [9.17, 15) is 19.2 Å². The van der Waals surface area contributed by atoms with Gasteiger partial charge in [-0.1, -0.05) is 24.3 Å². The van der Waals surface area contributed by atoms with Crippen molar-refractivity contribution in [1.29, 1.82) is 0 Å². The second-order valence-corrected chi connectivity index (χ2v) is 12.9. The summed E-state index contributed by atoms with van der Waals surface area (Å²) in [5.74, 6) is -0.776. The molecule has 0 saturated carbocycles. The smallest absolute Gasteiger partial charge is 0.411 e. The molecule has 10 heteroatoms. The van der Waals surface area contributed by atoms with Gasteiger partial charge >= 0.3 is 12.1 Å². The molecule has 0 aromatic heterocycles. The Morgan fingerprint density at radius 2 is 1.57 bits per heavy atom. The fourth-order valence-electron chi connectivity index (χ4n) is 5.13. The maximum Gasteiger partial charge on any atom is 0.411 e. The second-order valence-electron chi connectivity index (χ2n) is 12.9. The van der Waals surface area contributed by atoms with E-state index in [1.807, 2.05) is 50.9 Å². The molecular formula is C32H42N4O6. The molecule has 2 heterocycles. The standard InChI is InChI=1S/C32H42N4O6/c1-31(2,3)41-29(39)22-13-11-21(12-14-22)19-33-28(38)27-24-9-8-10-25(35-18-17-34(7)20-26(35)37)23(24)15-16-36(27)30(40)42-32(4,5)6/h8-14,27H,15-20H2,1-7H3,(H,33,38). The van der Waals surface area contributed by atoms with Gasteiger partial charge in [-0.15, -0.1) is 0 Å². The largest absolute Gasteiger partial charge is 0.456 e. The number of likely N-dealkylation sites (N-methyl/N-ethyl adjacent to an activating group) is 1. The van der Waals surface area contributed by atoms with Crippen molar-refractivity contribution in [3.8, 4) is 0 Å². The molecule has 2 aromatic carbocycles. The van der Waals surface area contributed by atoms with E-state index in [4.69, 9.17) is 9.47 Å². The molecule has 226 valence electrons. The molecule has 0 radical (unpaired) electrons. The molecule has 1 unspecified atom stereocenters. The predicted molar refractivity (Wildman–Crippen MR) is 159 cm³/mol. The molecule has 0 spiro atoms. The minimum Gasteiger partial charge on any atom is -0.456 e. The first-order valence-electron chi connectivity index (χ1n) is 14.3. The number of fused-ring (bicyclic) bond motifs is 1. The van der Waals surface area contributed by atoms with Crippen LogP contribution in [0, 0.1) is 0 Å². The van der Waals surface area contributed by atoms with E-state index in [2.05, 4.69) is 5.32 Å². The Morgan fingerprint density at radius 1 is 0.905 bits per heavy atom. The van der Waals surface area contributed by atoms with Crippen molar-refractivity contribution >= 4 is 29.6 Å². The van der Waals surface area contributed by atoms with Crippen LogP contribution in [0.5, 0.6) is 0 Å². The molecule has 1 fully saturated rings. The van der Waals surface area contributed by atoms with Crippen molar-refractivity contribution in [2.45, 2.75) is 71.8 Å². The predicted octanol–water partition coefficient (Wildman–Crippen LogP) is 4.07. The van der Waals surface area contributed by atoms with Crippen molar-refractivity contribution in [2.75, 3.05) is 38.1 Å². The molecule has 3 amide bonds. The number of piperazine rings is 1. The zero-order valence-corrected chi connectivity index (χ0v) is 25.7. The first kappa shape index (κ1) is 31.0. The van der Waals surface area contributed by atoms with Crippen molar-refractivity contribution in [1.82, 2.24) is 15.1 Å². The normalized spacial score (nSPS) is 17.9. The van der Waals surface area contributed by atoms with Gasteiger partial charge in [0.15, 0.2) is 0 Å². The highest BCUT2D eigenvalue weighted by molar-refractivity contribution is 5.97. The average molecular weight is 579 g/mol. The molecule has 2 aromatic rings. The Kier molecular flexibility index (Phi) is 8.96. The van der Waals surface area contributed by atoms with E-state index in [0.717, 1.165) is 23.4 Å². The number of esters is 1. The summed E-state index contributed by atoms with van der Waals surface area (Å²) >= 11 is 0. The minimum atomic E-state index is -0.938. The number of hydrogen-bond acceptors (Lipinski definition) is 7. The molecule has 42 heavy (non-hydrogen) atoms. The summed E-state index contributed by atoms with van der Waals surface area (Å²) in [5.41, 5.74) is 2.21. The molecule has 10 nitrogen and oxygen atoms in total. The van der Waals surface area contributed by atoms with E-state index in [1.54, 1.807) is 49.9 Å². The molecule has 1 N–H and O–H groups in total. The van der Waals surface area contributed by atoms with Crippen LogP contribution in [0.15, 0.2) is 42.5 Å². The van der Waals surface area contributed by atoms with E-state index < -0.39 is 29.3 Å². The molecule has 2 aliphatic rings. The topological polar surface area (TPSA) is 108 Å². The van der Waals surface area contributed by atoms with Gasteiger partial charge in [-0.25, -0.2) is 9.59 Å². The Morgan fingerprint density at radius 3 is 2.19 bits per heavy atom. The zero-order chi connectivity index (χ0) is 30.8. The van der Waals surface area contributed by atoms with Crippen LogP contribution in [0.25, 0.3) is 0 Å². The van der Waals surface area contributed by atoms with Crippen molar-refractivity contribution < 1.29 is 28.7 Å². The van der Waals surface area contributed by atoms with Crippen LogP contribution in [-0.2, 0) is 32.0 Å². The van der Waals surface area contributed by atoms with Gasteiger partial charge in [0.25, 0.3) is 0 Å². The number of rotatable bonds is 5. The lowest BCUT2D eigenvalue weighted by molar-refractivity contribution is -0.127.